The van der Waals surface area contributed by atoms with E-state index in [-0.39, 0.29) is 23.8 Å². The van der Waals surface area contributed by atoms with Crippen LogP contribution in [0.2, 0.25) is 5.02 Å². The van der Waals surface area contributed by atoms with Crippen LogP contribution in [0.4, 0.5) is 5.69 Å². The first-order valence-corrected chi connectivity index (χ1v) is 17.1. The predicted molar refractivity (Wildman–Crippen MR) is 184 cm³/mol. The number of anilines is 1. The average molecular weight is 711 g/mol. The van der Waals surface area contributed by atoms with Gasteiger partial charge in [0.1, 0.15) is 12.6 Å². The van der Waals surface area contributed by atoms with Crippen molar-refractivity contribution in [3.63, 3.8) is 0 Å². The molecule has 0 unspecified atom stereocenters. The molecule has 0 spiro atoms. The quantitative estimate of drug-likeness (QED) is 0.179. The summed E-state index contributed by atoms with van der Waals surface area (Å²) in [6.45, 7) is 7.02. The lowest BCUT2D eigenvalue weighted by Gasteiger charge is -2.35. The fraction of sp³-hybridized carbons (Fsp3) is 0.257. The van der Waals surface area contributed by atoms with Crippen molar-refractivity contribution < 1.29 is 18.0 Å². The van der Waals surface area contributed by atoms with Crippen molar-refractivity contribution in [2.45, 2.75) is 57.1 Å². The lowest BCUT2D eigenvalue weighted by atomic mass is 10.0. The van der Waals surface area contributed by atoms with E-state index in [9.17, 15) is 18.0 Å². The van der Waals surface area contributed by atoms with Crippen LogP contribution in [-0.4, -0.2) is 43.3 Å². The molecule has 0 radical (unpaired) electrons. The molecule has 1 atom stereocenters. The van der Waals surface area contributed by atoms with Crippen molar-refractivity contribution in [2.24, 2.45) is 0 Å². The fourth-order valence-corrected chi connectivity index (χ4v) is 6.71. The molecule has 4 aromatic rings. The Kier molecular flexibility index (Phi) is 11.1. The molecular formula is C35H37BrClN3O4S. The zero-order valence-corrected chi connectivity index (χ0v) is 28.9. The number of aryl methyl sites for hydroxylation is 1. The third kappa shape index (κ3) is 9.42. The van der Waals surface area contributed by atoms with E-state index in [4.69, 9.17) is 11.6 Å². The second kappa shape index (κ2) is 14.6. The minimum absolute atomic E-state index is 0.0523. The van der Waals surface area contributed by atoms with Crippen molar-refractivity contribution >= 4 is 55.1 Å². The fourth-order valence-electron chi connectivity index (χ4n) is 4.79. The van der Waals surface area contributed by atoms with E-state index in [1.54, 1.807) is 60.7 Å². The third-order valence-corrected chi connectivity index (χ3v) is 9.55. The van der Waals surface area contributed by atoms with E-state index in [2.05, 4.69) is 21.2 Å². The van der Waals surface area contributed by atoms with Gasteiger partial charge in [0.2, 0.25) is 11.8 Å². The normalized spacial score (nSPS) is 12.3. The lowest BCUT2D eigenvalue weighted by Crippen LogP contribution is -2.56. The van der Waals surface area contributed by atoms with Crippen molar-refractivity contribution in [3.8, 4) is 0 Å². The summed E-state index contributed by atoms with van der Waals surface area (Å²) < 4.78 is 30.0. The van der Waals surface area contributed by atoms with Gasteiger partial charge in [-0.15, -0.1) is 0 Å². The summed E-state index contributed by atoms with van der Waals surface area (Å²) in [7, 11) is -4.18. The highest BCUT2D eigenvalue weighted by atomic mass is 79.9. The van der Waals surface area contributed by atoms with Crippen LogP contribution in [0.5, 0.6) is 0 Å². The molecule has 7 nitrogen and oxygen atoms in total. The van der Waals surface area contributed by atoms with Crippen molar-refractivity contribution in [1.29, 1.82) is 0 Å². The lowest BCUT2D eigenvalue weighted by molar-refractivity contribution is -0.140. The molecule has 4 rings (SSSR count). The second-order valence-corrected chi connectivity index (χ2v) is 15.1. The number of nitrogens with one attached hydrogen (secondary N) is 1. The average Bonchev–Trinajstić information content (AvgIpc) is 2.98. The maximum Gasteiger partial charge on any atom is 0.264 e. The van der Waals surface area contributed by atoms with Crippen LogP contribution in [0, 0.1) is 6.92 Å². The molecule has 0 fully saturated rings. The number of hydrogen-bond donors (Lipinski definition) is 1. The van der Waals surface area contributed by atoms with Gasteiger partial charge in [-0.25, -0.2) is 8.42 Å². The smallest absolute Gasteiger partial charge is 0.264 e. The highest BCUT2D eigenvalue weighted by Crippen LogP contribution is 2.28. The topological polar surface area (TPSA) is 86.8 Å². The number of sulfonamides is 1. The molecular weight excluding hydrogens is 674 g/mol. The number of carbonyl (C=O) groups is 2. The van der Waals surface area contributed by atoms with Gasteiger partial charge in [0.05, 0.1) is 10.6 Å². The summed E-state index contributed by atoms with van der Waals surface area (Å²) in [6.07, 6.45) is 0.226. The van der Waals surface area contributed by atoms with Gasteiger partial charge >= 0.3 is 0 Å². The Balaban J connectivity index is 1.81. The maximum atomic E-state index is 14.5. The number of benzene rings is 4. The molecule has 10 heteroatoms. The van der Waals surface area contributed by atoms with Gasteiger partial charge in [0.25, 0.3) is 10.0 Å². The first-order chi connectivity index (χ1) is 21.2. The minimum Gasteiger partial charge on any atom is -0.350 e. The Morgan fingerprint density at radius 1 is 0.867 bits per heavy atom. The Morgan fingerprint density at radius 3 is 2.11 bits per heavy atom. The number of carbonyl (C=O) groups excluding carboxylic acids is 2. The van der Waals surface area contributed by atoms with Gasteiger partial charge in [-0.1, -0.05) is 93.8 Å². The first kappa shape index (κ1) is 34.2. The van der Waals surface area contributed by atoms with Crippen LogP contribution in [0.25, 0.3) is 0 Å². The molecule has 0 aliphatic carbocycles. The Morgan fingerprint density at radius 2 is 1.51 bits per heavy atom. The Labute approximate surface area is 279 Å². The number of amides is 2. The molecule has 0 saturated carbocycles. The Hall–Kier alpha value is -3.66. The van der Waals surface area contributed by atoms with Crippen molar-refractivity contribution in [1.82, 2.24) is 10.2 Å². The van der Waals surface area contributed by atoms with E-state index < -0.39 is 34.1 Å². The molecule has 236 valence electrons. The molecule has 2 amide bonds. The predicted octanol–water partition coefficient (Wildman–Crippen LogP) is 7.16. The highest BCUT2D eigenvalue weighted by Gasteiger charge is 2.35. The molecule has 0 aromatic heterocycles. The van der Waals surface area contributed by atoms with Crippen LogP contribution in [0.15, 0.2) is 112 Å². The zero-order valence-electron chi connectivity index (χ0n) is 25.7. The van der Waals surface area contributed by atoms with Crippen LogP contribution < -0.4 is 9.62 Å². The molecule has 0 aliphatic heterocycles. The van der Waals surface area contributed by atoms with Crippen LogP contribution in [0.3, 0.4) is 0 Å². The number of hydrogen-bond acceptors (Lipinski definition) is 4. The second-order valence-electron chi connectivity index (χ2n) is 11.9. The maximum absolute atomic E-state index is 14.5. The van der Waals surface area contributed by atoms with Gasteiger partial charge in [0.15, 0.2) is 0 Å². The van der Waals surface area contributed by atoms with Gasteiger partial charge in [-0.2, -0.15) is 0 Å². The minimum atomic E-state index is -4.18. The summed E-state index contributed by atoms with van der Waals surface area (Å²) in [6, 6.07) is 28.8. The van der Waals surface area contributed by atoms with E-state index in [1.807, 2.05) is 58.0 Å². The highest BCUT2D eigenvalue weighted by molar-refractivity contribution is 9.10. The SMILES string of the molecule is Cc1ccc(S(=O)(=O)N(CC(=O)N(Cc2ccc(Cl)cc2)[C@@H](Cc2ccccc2)C(=O)NC(C)(C)C)c2cccc(Br)c2)cc1. The van der Waals surface area contributed by atoms with Gasteiger partial charge < -0.3 is 10.2 Å². The molecule has 0 heterocycles. The third-order valence-electron chi connectivity index (χ3n) is 7.02. The van der Waals surface area contributed by atoms with E-state index in [0.29, 0.717) is 15.2 Å². The van der Waals surface area contributed by atoms with Crippen LogP contribution in [-0.2, 0) is 32.6 Å². The zero-order chi connectivity index (χ0) is 32.8. The standard InChI is InChI=1S/C35H37BrClN3O4S/c1-25-13-19-31(20-14-25)45(43,44)40(30-12-8-11-28(36)22-30)24-33(41)39(23-27-15-17-29(37)18-16-27)32(34(42)38-35(2,3)4)21-26-9-6-5-7-10-26/h5-20,22,32H,21,23-24H2,1-4H3,(H,38,42)/t32-/m0/s1. The summed E-state index contributed by atoms with van der Waals surface area (Å²) in [5.41, 5.74) is 2.24. The van der Waals surface area contributed by atoms with E-state index in [1.165, 1.54) is 17.0 Å². The number of nitrogens with zero attached hydrogens (tertiary/aromatic N) is 2. The molecule has 0 bridgehead atoms. The summed E-state index contributed by atoms with van der Waals surface area (Å²) in [4.78, 5) is 30.0. The van der Waals surface area contributed by atoms with Crippen LogP contribution >= 0.6 is 27.5 Å². The Bertz CT molecular complexity index is 1730. The summed E-state index contributed by atoms with van der Waals surface area (Å²) in [5.74, 6) is -0.880. The molecule has 0 saturated heterocycles. The van der Waals surface area contributed by atoms with E-state index >= 15 is 0 Å². The van der Waals surface area contributed by atoms with Gasteiger partial charge in [-0.3, -0.25) is 13.9 Å². The largest absolute Gasteiger partial charge is 0.350 e. The first-order valence-electron chi connectivity index (χ1n) is 14.5. The van der Waals surface area contributed by atoms with Gasteiger partial charge in [-0.05, 0) is 81.3 Å². The summed E-state index contributed by atoms with van der Waals surface area (Å²) >= 11 is 9.58. The monoisotopic (exact) mass is 709 g/mol. The molecule has 0 aliphatic rings. The molecule has 4 aromatic carbocycles. The van der Waals surface area contributed by atoms with Crippen LogP contribution in [0.1, 0.15) is 37.5 Å². The van der Waals surface area contributed by atoms with Gasteiger partial charge in [0, 0.05) is 28.0 Å². The number of rotatable bonds is 11. The van der Waals surface area contributed by atoms with Crippen molar-refractivity contribution in [3.05, 3.63) is 129 Å². The molecule has 45 heavy (non-hydrogen) atoms. The van der Waals surface area contributed by atoms with Crippen molar-refractivity contribution in [2.75, 3.05) is 10.8 Å². The molecule has 1 N–H and O–H groups in total. The number of halogens is 2. The van der Waals surface area contributed by atoms with E-state index in [0.717, 1.165) is 21.0 Å². The summed E-state index contributed by atoms with van der Waals surface area (Å²) in [5, 5.41) is 3.57.